The Morgan fingerprint density at radius 3 is 2.33 bits per heavy atom. The third-order valence-corrected chi connectivity index (χ3v) is 4.03. The molecule has 1 atom stereocenters. The van der Waals surface area contributed by atoms with Gasteiger partial charge >= 0.3 is 0 Å². The second-order valence-corrected chi connectivity index (χ2v) is 6.31. The highest BCUT2D eigenvalue weighted by molar-refractivity contribution is 5.85. The lowest BCUT2D eigenvalue weighted by molar-refractivity contribution is 0.132. The third kappa shape index (κ3) is 4.87. The van der Waals surface area contributed by atoms with Gasteiger partial charge < -0.3 is 20.3 Å². The van der Waals surface area contributed by atoms with Crippen LogP contribution in [0.4, 0.5) is 0 Å². The van der Waals surface area contributed by atoms with Crippen molar-refractivity contribution >= 4 is 12.4 Å². The minimum atomic E-state index is -0.405. The minimum absolute atomic E-state index is 0. The predicted molar refractivity (Wildman–Crippen MR) is 98.8 cm³/mol. The van der Waals surface area contributed by atoms with Crippen molar-refractivity contribution in [2.75, 3.05) is 13.7 Å². The van der Waals surface area contributed by atoms with E-state index in [1.807, 2.05) is 62.4 Å². The monoisotopic (exact) mass is 351 g/mol. The van der Waals surface area contributed by atoms with Crippen molar-refractivity contribution in [3.63, 3.8) is 0 Å². The lowest BCUT2D eigenvalue weighted by atomic mass is 9.82. The highest BCUT2D eigenvalue weighted by Crippen LogP contribution is 2.36. The van der Waals surface area contributed by atoms with Gasteiger partial charge in [0.25, 0.3) is 0 Å². The summed E-state index contributed by atoms with van der Waals surface area (Å²) in [5.41, 5.74) is 7.86. The van der Waals surface area contributed by atoms with Crippen molar-refractivity contribution in [1.29, 1.82) is 0 Å². The molecule has 0 aliphatic carbocycles. The largest absolute Gasteiger partial charge is 0.493 e. The molecule has 0 unspecified atom stereocenters. The zero-order valence-corrected chi connectivity index (χ0v) is 15.2. The molecule has 0 aliphatic rings. The van der Waals surface area contributed by atoms with Crippen molar-refractivity contribution in [3.8, 4) is 11.5 Å². The molecule has 2 aromatic carbocycles. The van der Waals surface area contributed by atoms with Gasteiger partial charge in [0.15, 0.2) is 11.5 Å². The summed E-state index contributed by atoms with van der Waals surface area (Å²) in [7, 11) is 1.61. The Kier molecular flexibility index (Phi) is 7.55. The number of hydrogen-bond donors (Lipinski definition) is 2. The van der Waals surface area contributed by atoms with Gasteiger partial charge in [-0.15, -0.1) is 12.4 Å². The van der Waals surface area contributed by atoms with Gasteiger partial charge in [-0.1, -0.05) is 50.2 Å². The van der Waals surface area contributed by atoms with E-state index in [1.54, 1.807) is 7.11 Å². The molecule has 0 aliphatic heterocycles. The van der Waals surface area contributed by atoms with E-state index in [1.165, 1.54) is 0 Å². The number of rotatable bonds is 7. The molecule has 3 N–H and O–H groups in total. The zero-order chi connectivity index (χ0) is 16.9. The number of aliphatic hydroxyl groups is 1. The number of nitrogens with two attached hydrogens (primary N) is 1. The van der Waals surface area contributed by atoms with Crippen LogP contribution in [0, 0.1) is 5.41 Å². The molecular formula is C19H26ClNO3. The first-order valence-corrected chi connectivity index (χ1v) is 7.69. The Balaban J connectivity index is 0.00000288. The molecule has 0 amide bonds. The maximum Gasteiger partial charge on any atom is 0.161 e. The SMILES string of the molecule is COc1cc([C@H](N)C(C)(C)CO)ccc1OCc1ccccc1.Cl. The average molecular weight is 352 g/mol. The fourth-order valence-corrected chi connectivity index (χ4v) is 2.28. The van der Waals surface area contributed by atoms with Crippen LogP contribution in [-0.2, 0) is 6.61 Å². The van der Waals surface area contributed by atoms with Crippen molar-refractivity contribution < 1.29 is 14.6 Å². The zero-order valence-electron chi connectivity index (χ0n) is 14.4. The third-order valence-electron chi connectivity index (χ3n) is 4.03. The molecule has 0 saturated carbocycles. The Morgan fingerprint density at radius 2 is 1.75 bits per heavy atom. The van der Waals surface area contributed by atoms with Gasteiger partial charge in [0.05, 0.1) is 7.11 Å². The number of ether oxygens (including phenoxy) is 2. The molecule has 4 nitrogen and oxygen atoms in total. The van der Waals surface area contributed by atoms with Gasteiger partial charge in [0, 0.05) is 18.1 Å². The number of halogens is 1. The van der Waals surface area contributed by atoms with E-state index in [2.05, 4.69) is 0 Å². The van der Waals surface area contributed by atoms with Gasteiger partial charge in [0.2, 0.25) is 0 Å². The summed E-state index contributed by atoms with van der Waals surface area (Å²) in [5.74, 6) is 1.32. The number of benzene rings is 2. The summed E-state index contributed by atoms with van der Waals surface area (Å²) in [6.07, 6.45) is 0. The smallest absolute Gasteiger partial charge is 0.161 e. The topological polar surface area (TPSA) is 64.7 Å². The summed E-state index contributed by atoms with van der Waals surface area (Å²) < 4.78 is 11.3. The van der Waals surface area contributed by atoms with Crippen LogP contribution in [0.25, 0.3) is 0 Å². The highest BCUT2D eigenvalue weighted by atomic mass is 35.5. The normalized spacial score (nSPS) is 12.2. The van der Waals surface area contributed by atoms with Crippen LogP contribution >= 0.6 is 12.4 Å². The Hall–Kier alpha value is -1.75. The summed E-state index contributed by atoms with van der Waals surface area (Å²) in [5, 5.41) is 9.48. The number of methoxy groups -OCH3 is 1. The first kappa shape index (κ1) is 20.3. The quantitative estimate of drug-likeness (QED) is 0.798. The maximum absolute atomic E-state index is 9.48. The molecule has 0 fully saturated rings. The summed E-state index contributed by atoms with van der Waals surface area (Å²) in [6, 6.07) is 15.3. The Morgan fingerprint density at radius 1 is 1.08 bits per heavy atom. The van der Waals surface area contributed by atoms with Crippen molar-refractivity contribution in [2.45, 2.75) is 26.5 Å². The van der Waals surface area contributed by atoms with Gasteiger partial charge in [-0.25, -0.2) is 0 Å². The Labute approximate surface area is 150 Å². The molecule has 5 heteroatoms. The average Bonchev–Trinajstić information content (AvgIpc) is 2.60. The maximum atomic E-state index is 9.48. The van der Waals surface area contributed by atoms with Crippen molar-refractivity contribution in [3.05, 3.63) is 59.7 Å². The predicted octanol–water partition coefficient (Wildman–Crippen LogP) is 3.71. The second-order valence-electron chi connectivity index (χ2n) is 6.31. The molecule has 0 heterocycles. The van der Waals surface area contributed by atoms with Crippen LogP contribution in [-0.4, -0.2) is 18.8 Å². The summed E-state index contributed by atoms with van der Waals surface area (Å²) in [6.45, 7) is 4.36. The lowest BCUT2D eigenvalue weighted by Gasteiger charge is -2.30. The molecule has 0 bridgehead atoms. The molecule has 0 saturated heterocycles. The van der Waals surface area contributed by atoms with E-state index in [9.17, 15) is 5.11 Å². The second kappa shape index (κ2) is 8.92. The highest BCUT2D eigenvalue weighted by Gasteiger charge is 2.27. The van der Waals surface area contributed by atoms with E-state index in [0.29, 0.717) is 18.1 Å². The molecule has 2 rings (SSSR count). The van der Waals surface area contributed by atoms with Crippen molar-refractivity contribution in [1.82, 2.24) is 0 Å². The first-order chi connectivity index (χ1) is 11.0. The fourth-order valence-electron chi connectivity index (χ4n) is 2.28. The summed E-state index contributed by atoms with van der Waals surface area (Å²) >= 11 is 0. The molecular weight excluding hydrogens is 326 g/mol. The molecule has 24 heavy (non-hydrogen) atoms. The standard InChI is InChI=1S/C19H25NO3.ClH/c1-19(2,13-21)18(20)15-9-10-16(17(11-15)22-3)23-12-14-7-5-4-6-8-14;/h4-11,18,21H,12-13,20H2,1-3H3;1H/t18-;/m0./s1. The summed E-state index contributed by atoms with van der Waals surface area (Å²) in [4.78, 5) is 0. The minimum Gasteiger partial charge on any atom is -0.493 e. The van der Waals surface area contributed by atoms with E-state index >= 15 is 0 Å². The van der Waals surface area contributed by atoms with Crippen LogP contribution in [0.3, 0.4) is 0 Å². The van der Waals surface area contributed by atoms with Crippen LogP contribution in [0.15, 0.2) is 48.5 Å². The molecule has 0 aromatic heterocycles. The van der Waals surface area contributed by atoms with Crippen LogP contribution in [0.2, 0.25) is 0 Å². The lowest BCUT2D eigenvalue weighted by Crippen LogP contribution is -2.32. The van der Waals surface area contributed by atoms with E-state index in [-0.39, 0.29) is 25.1 Å². The van der Waals surface area contributed by atoms with Gasteiger partial charge in [-0.2, -0.15) is 0 Å². The van der Waals surface area contributed by atoms with Gasteiger partial charge in [0.1, 0.15) is 6.61 Å². The van der Waals surface area contributed by atoms with Crippen LogP contribution < -0.4 is 15.2 Å². The van der Waals surface area contributed by atoms with Crippen LogP contribution in [0.5, 0.6) is 11.5 Å². The van der Waals surface area contributed by atoms with E-state index in [0.717, 1.165) is 11.1 Å². The first-order valence-electron chi connectivity index (χ1n) is 7.69. The fraction of sp³-hybridized carbons (Fsp3) is 0.368. The Bertz CT molecular complexity index is 632. The number of aliphatic hydroxyl groups excluding tert-OH is 1. The van der Waals surface area contributed by atoms with Gasteiger partial charge in [-0.3, -0.25) is 0 Å². The van der Waals surface area contributed by atoms with Crippen LogP contribution in [0.1, 0.15) is 31.0 Å². The molecule has 2 aromatic rings. The van der Waals surface area contributed by atoms with Crippen molar-refractivity contribution in [2.24, 2.45) is 11.1 Å². The van der Waals surface area contributed by atoms with E-state index < -0.39 is 5.41 Å². The number of hydrogen-bond acceptors (Lipinski definition) is 4. The molecule has 0 radical (unpaired) electrons. The molecule has 0 spiro atoms. The van der Waals surface area contributed by atoms with E-state index in [4.69, 9.17) is 15.2 Å². The molecule has 132 valence electrons. The van der Waals surface area contributed by atoms with Gasteiger partial charge in [-0.05, 0) is 23.3 Å².